The first-order valence-electron chi connectivity index (χ1n) is 5.74. The van der Waals surface area contributed by atoms with Crippen molar-refractivity contribution in [3.63, 3.8) is 0 Å². The number of nitrogens with zero attached hydrogens (tertiary/aromatic N) is 4. The van der Waals surface area contributed by atoms with Crippen molar-refractivity contribution in [2.75, 3.05) is 7.11 Å². The molecule has 102 valence electrons. The van der Waals surface area contributed by atoms with Crippen LogP contribution in [0.3, 0.4) is 0 Å². The van der Waals surface area contributed by atoms with Gasteiger partial charge in [-0.1, -0.05) is 12.1 Å². The molecule has 1 aromatic carbocycles. The molecule has 0 fully saturated rings. The third kappa shape index (κ3) is 1.99. The standard InChI is InChI=1S/C12H10N4O3S/c1-7-3-4-8(5-10(7)16(17)18)9-6-15-11(13-9)20-12(14-15)19-2/h3-6H,1-2H3. The Kier molecular flexibility index (Phi) is 2.87. The fourth-order valence-electron chi connectivity index (χ4n) is 1.87. The molecule has 0 unspecified atom stereocenters. The van der Waals surface area contributed by atoms with E-state index in [-0.39, 0.29) is 5.69 Å². The van der Waals surface area contributed by atoms with E-state index in [2.05, 4.69) is 10.1 Å². The molecule has 0 aliphatic rings. The highest BCUT2D eigenvalue weighted by Crippen LogP contribution is 2.28. The number of rotatable bonds is 3. The van der Waals surface area contributed by atoms with Gasteiger partial charge < -0.3 is 4.74 Å². The van der Waals surface area contributed by atoms with Crippen LogP contribution in [0.2, 0.25) is 0 Å². The Balaban J connectivity index is 2.08. The zero-order valence-corrected chi connectivity index (χ0v) is 11.5. The summed E-state index contributed by atoms with van der Waals surface area (Å²) in [6.07, 6.45) is 1.72. The number of aryl methyl sites for hydroxylation is 1. The maximum absolute atomic E-state index is 11.0. The Morgan fingerprint density at radius 1 is 1.45 bits per heavy atom. The lowest BCUT2D eigenvalue weighted by Crippen LogP contribution is -1.92. The number of fused-ring (bicyclic) bond motifs is 1. The summed E-state index contributed by atoms with van der Waals surface area (Å²) in [4.78, 5) is 15.7. The fraction of sp³-hybridized carbons (Fsp3) is 0.167. The van der Waals surface area contributed by atoms with E-state index >= 15 is 0 Å². The minimum Gasteiger partial charge on any atom is -0.472 e. The molecule has 7 nitrogen and oxygen atoms in total. The van der Waals surface area contributed by atoms with Crippen LogP contribution in [0.5, 0.6) is 5.19 Å². The highest BCUT2D eigenvalue weighted by molar-refractivity contribution is 7.18. The van der Waals surface area contributed by atoms with Crippen LogP contribution in [0.15, 0.2) is 24.4 Å². The van der Waals surface area contributed by atoms with Crippen molar-refractivity contribution in [3.05, 3.63) is 40.1 Å². The third-order valence-electron chi connectivity index (χ3n) is 2.90. The summed E-state index contributed by atoms with van der Waals surface area (Å²) >= 11 is 1.31. The zero-order valence-electron chi connectivity index (χ0n) is 10.7. The van der Waals surface area contributed by atoms with Crippen LogP contribution in [0, 0.1) is 17.0 Å². The molecule has 0 saturated carbocycles. The molecular weight excluding hydrogens is 280 g/mol. The Bertz CT molecular complexity index is 777. The van der Waals surface area contributed by atoms with Gasteiger partial charge in [0, 0.05) is 17.2 Å². The van der Waals surface area contributed by atoms with Crippen molar-refractivity contribution in [2.24, 2.45) is 0 Å². The SMILES string of the molecule is COc1nn2cc(-c3ccc(C)c([N+](=O)[O-])c3)nc2s1. The Labute approximate surface area is 117 Å². The predicted octanol–water partition coefficient (Wildman–Crippen LogP) is 2.68. The summed E-state index contributed by atoms with van der Waals surface area (Å²) in [6, 6.07) is 5.06. The molecule has 0 aliphatic carbocycles. The highest BCUT2D eigenvalue weighted by Gasteiger charge is 2.15. The summed E-state index contributed by atoms with van der Waals surface area (Å²) in [5.74, 6) is 0. The Morgan fingerprint density at radius 3 is 2.90 bits per heavy atom. The smallest absolute Gasteiger partial charge is 0.294 e. The van der Waals surface area contributed by atoms with E-state index in [1.165, 1.54) is 17.4 Å². The molecule has 2 aromatic heterocycles. The summed E-state index contributed by atoms with van der Waals surface area (Å²) in [7, 11) is 1.54. The second-order valence-corrected chi connectivity index (χ2v) is 5.10. The Morgan fingerprint density at radius 2 is 2.25 bits per heavy atom. The lowest BCUT2D eigenvalue weighted by atomic mass is 10.1. The molecule has 2 heterocycles. The number of hydrogen-bond donors (Lipinski definition) is 0. The largest absolute Gasteiger partial charge is 0.472 e. The zero-order chi connectivity index (χ0) is 14.3. The van der Waals surface area contributed by atoms with Crippen LogP contribution in [0.25, 0.3) is 16.2 Å². The first-order chi connectivity index (χ1) is 9.58. The van der Waals surface area contributed by atoms with Crippen molar-refractivity contribution in [1.82, 2.24) is 14.6 Å². The summed E-state index contributed by atoms with van der Waals surface area (Å²) in [6.45, 7) is 1.71. The van der Waals surface area contributed by atoms with E-state index in [1.54, 1.807) is 30.8 Å². The second-order valence-electron chi connectivity index (χ2n) is 4.18. The molecule has 8 heteroatoms. The summed E-state index contributed by atoms with van der Waals surface area (Å²) in [5.41, 5.74) is 2.05. The minimum absolute atomic E-state index is 0.0874. The molecule has 0 aliphatic heterocycles. The summed E-state index contributed by atoms with van der Waals surface area (Å²) in [5, 5.41) is 15.7. The van der Waals surface area contributed by atoms with Crippen LogP contribution in [-0.4, -0.2) is 26.6 Å². The van der Waals surface area contributed by atoms with Crippen molar-refractivity contribution in [1.29, 1.82) is 0 Å². The van der Waals surface area contributed by atoms with Crippen LogP contribution in [-0.2, 0) is 0 Å². The molecule has 0 radical (unpaired) electrons. The number of nitro groups is 1. The van der Waals surface area contributed by atoms with Gasteiger partial charge in [0.2, 0.25) is 4.96 Å². The van der Waals surface area contributed by atoms with Crippen LogP contribution >= 0.6 is 11.3 Å². The average molecular weight is 290 g/mol. The second kappa shape index (κ2) is 4.57. The first kappa shape index (κ1) is 12.5. The maximum atomic E-state index is 11.0. The van der Waals surface area contributed by atoms with E-state index in [0.29, 0.717) is 27.0 Å². The normalized spacial score (nSPS) is 10.9. The van der Waals surface area contributed by atoms with Gasteiger partial charge in [0.25, 0.3) is 10.9 Å². The monoisotopic (exact) mass is 290 g/mol. The van der Waals surface area contributed by atoms with Gasteiger partial charge in [-0.15, -0.1) is 5.10 Å². The number of benzene rings is 1. The van der Waals surface area contributed by atoms with Crippen molar-refractivity contribution in [3.8, 4) is 16.5 Å². The van der Waals surface area contributed by atoms with Gasteiger partial charge >= 0.3 is 0 Å². The van der Waals surface area contributed by atoms with Gasteiger partial charge in [0.05, 0.1) is 23.9 Å². The molecule has 3 aromatic rings. The molecule has 0 saturated heterocycles. The average Bonchev–Trinajstić information content (AvgIpc) is 2.96. The Hall–Kier alpha value is -2.48. The molecule has 0 N–H and O–H groups in total. The minimum atomic E-state index is -0.390. The van der Waals surface area contributed by atoms with E-state index in [1.807, 2.05) is 6.07 Å². The quantitative estimate of drug-likeness (QED) is 0.547. The number of hydrogen-bond acceptors (Lipinski definition) is 6. The first-order valence-corrected chi connectivity index (χ1v) is 6.56. The molecule has 0 amide bonds. The van der Waals surface area contributed by atoms with Gasteiger partial charge in [-0.2, -0.15) is 0 Å². The lowest BCUT2D eigenvalue weighted by Gasteiger charge is -1.99. The van der Waals surface area contributed by atoms with E-state index in [0.717, 1.165) is 0 Å². The van der Waals surface area contributed by atoms with Crippen LogP contribution in [0.1, 0.15) is 5.56 Å². The van der Waals surface area contributed by atoms with E-state index in [9.17, 15) is 10.1 Å². The van der Waals surface area contributed by atoms with Gasteiger partial charge in [0.1, 0.15) is 0 Å². The lowest BCUT2D eigenvalue weighted by molar-refractivity contribution is -0.385. The van der Waals surface area contributed by atoms with Crippen molar-refractivity contribution < 1.29 is 9.66 Å². The fourth-order valence-corrected chi connectivity index (χ4v) is 2.57. The maximum Gasteiger partial charge on any atom is 0.294 e. The highest BCUT2D eigenvalue weighted by atomic mass is 32.1. The number of aromatic nitrogens is 3. The van der Waals surface area contributed by atoms with Crippen molar-refractivity contribution in [2.45, 2.75) is 6.92 Å². The van der Waals surface area contributed by atoms with Crippen LogP contribution < -0.4 is 4.74 Å². The molecule has 20 heavy (non-hydrogen) atoms. The number of methoxy groups -OCH3 is 1. The molecule has 0 bridgehead atoms. The van der Waals surface area contributed by atoms with Crippen LogP contribution in [0.4, 0.5) is 5.69 Å². The molecule has 0 atom stereocenters. The van der Waals surface area contributed by atoms with Crippen molar-refractivity contribution >= 4 is 22.0 Å². The topological polar surface area (TPSA) is 82.6 Å². The number of imidazole rings is 1. The number of nitro benzene ring substituents is 1. The summed E-state index contributed by atoms with van der Waals surface area (Å²) < 4.78 is 6.63. The van der Waals surface area contributed by atoms with E-state index in [4.69, 9.17) is 4.74 Å². The van der Waals surface area contributed by atoms with E-state index < -0.39 is 4.92 Å². The molecule has 0 spiro atoms. The third-order valence-corrected chi connectivity index (χ3v) is 3.78. The van der Waals surface area contributed by atoms with Gasteiger partial charge in [0.15, 0.2) is 0 Å². The van der Waals surface area contributed by atoms with Gasteiger partial charge in [-0.25, -0.2) is 9.50 Å². The predicted molar refractivity (Wildman–Crippen MR) is 74.2 cm³/mol. The van der Waals surface area contributed by atoms with Gasteiger partial charge in [-0.05, 0) is 18.3 Å². The molecular formula is C12H10N4O3S. The molecule has 3 rings (SSSR count). The number of ether oxygens (including phenoxy) is 1. The van der Waals surface area contributed by atoms with Gasteiger partial charge in [-0.3, -0.25) is 10.1 Å².